The normalized spacial score (nSPS) is 15.5. The van der Waals surface area contributed by atoms with Gasteiger partial charge in [0.15, 0.2) is 18.1 Å². The van der Waals surface area contributed by atoms with Crippen molar-refractivity contribution in [2.75, 3.05) is 20.8 Å². The number of nitrogens with zero attached hydrogens (tertiary/aromatic N) is 2. The summed E-state index contributed by atoms with van der Waals surface area (Å²) in [7, 11) is 3.15. The van der Waals surface area contributed by atoms with Crippen molar-refractivity contribution < 1.29 is 23.4 Å². The number of rotatable bonds is 7. The Balaban J connectivity index is 1.59. The number of hydrogen-bond acceptors (Lipinski definition) is 6. The van der Waals surface area contributed by atoms with E-state index in [9.17, 15) is 9.18 Å². The lowest BCUT2D eigenvalue weighted by Crippen LogP contribution is -2.31. The maximum atomic E-state index is 13.1. The van der Waals surface area contributed by atoms with Crippen LogP contribution in [0.5, 0.6) is 17.2 Å². The molecule has 0 aliphatic carbocycles. The summed E-state index contributed by atoms with van der Waals surface area (Å²) in [5, 5.41) is 8.05. The average molecular weight is 440 g/mol. The standard InChI is InChI=1S/C23H21FN2O4S/c1-28-20-10-5-15(12-21(20)29-2)19-13-18(22-4-3-11-31-22)25-26(19)23(27)14-30-17-8-6-16(24)7-9-17/h3-12,19H,13-14H2,1-2H3. The lowest BCUT2D eigenvalue weighted by atomic mass is 10.0. The van der Waals surface area contributed by atoms with E-state index < -0.39 is 0 Å². The van der Waals surface area contributed by atoms with Crippen LogP contribution in [0.4, 0.5) is 4.39 Å². The van der Waals surface area contributed by atoms with Gasteiger partial charge < -0.3 is 14.2 Å². The Bertz CT molecular complexity index is 1080. The maximum Gasteiger partial charge on any atom is 0.281 e. The molecule has 0 saturated carbocycles. The number of amides is 1. The highest BCUT2D eigenvalue weighted by molar-refractivity contribution is 7.12. The van der Waals surface area contributed by atoms with Gasteiger partial charge in [-0.15, -0.1) is 11.3 Å². The number of carbonyl (C=O) groups is 1. The van der Waals surface area contributed by atoms with E-state index in [1.807, 2.05) is 35.7 Å². The zero-order valence-electron chi connectivity index (χ0n) is 17.1. The number of methoxy groups -OCH3 is 2. The number of ether oxygens (including phenoxy) is 3. The van der Waals surface area contributed by atoms with Gasteiger partial charge >= 0.3 is 0 Å². The summed E-state index contributed by atoms with van der Waals surface area (Å²) in [6.07, 6.45) is 0.568. The Labute approximate surface area is 183 Å². The second-order valence-corrected chi connectivity index (χ2v) is 7.79. The van der Waals surface area contributed by atoms with E-state index in [0.717, 1.165) is 16.2 Å². The minimum Gasteiger partial charge on any atom is -0.493 e. The largest absolute Gasteiger partial charge is 0.493 e. The van der Waals surface area contributed by atoms with Crippen molar-refractivity contribution in [1.82, 2.24) is 5.01 Å². The minimum atomic E-state index is -0.364. The van der Waals surface area contributed by atoms with E-state index in [4.69, 9.17) is 14.2 Å². The molecule has 1 amide bonds. The van der Waals surface area contributed by atoms with Crippen LogP contribution in [-0.4, -0.2) is 37.5 Å². The molecule has 31 heavy (non-hydrogen) atoms. The van der Waals surface area contributed by atoms with Gasteiger partial charge in [0.1, 0.15) is 11.6 Å². The molecular weight excluding hydrogens is 419 g/mol. The third-order valence-corrected chi connectivity index (χ3v) is 5.86. The first-order valence-corrected chi connectivity index (χ1v) is 10.5. The molecule has 0 spiro atoms. The fourth-order valence-corrected chi connectivity index (χ4v) is 4.11. The molecule has 0 fully saturated rings. The molecule has 6 nitrogen and oxygen atoms in total. The van der Waals surface area contributed by atoms with Gasteiger partial charge in [0.05, 0.1) is 30.9 Å². The Morgan fingerprint density at radius 3 is 2.58 bits per heavy atom. The maximum absolute atomic E-state index is 13.1. The SMILES string of the molecule is COc1ccc(C2CC(c3cccs3)=NN2C(=O)COc2ccc(F)cc2)cc1OC. The molecule has 0 bridgehead atoms. The molecule has 3 aromatic rings. The number of halogens is 1. The van der Waals surface area contributed by atoms with E-state index in [-0.39, 0.29) is 24.4 Å². The van der Waals surface area contributed by atoms with Crippen LogP contribution in [-0.2, 0) is 4.79 Å². The molecule has 1 atom stereocenters. The van der Waals surface area contributed by atoms with Crippen LogP contribution in [0.2, 0.25) is 0 Å². The van der Waals surface area contributed by atoms with Crippen LogP contribution in [0.25, 0.3) is 0 Å². The van der Waals surface area contributed by atoms with Gasteiger partial charge in [-0.05, 0) is 53.4 Å². The molecule has 1 aliphatic heterocycles. The molecule has 1 aromatic heterocycles. The second-order valence-electron chi connectivity index (χ2n) is 6.84. The fourth-order valence-electron chi connectivity index (χ4n) is 3.39. The highest BCUT2D eigenvalue weighted by atomic mass is 32.1. The predicted molar refractivity (Wildman–Crippen MR) is 117 cm³/mol. The highest BCUT2D eigenvalue weighted by Crippen LogP contribution is 2.37. The van der Waals surface area contributed by atoms with E-state index >= 15 is 0 Å². The summed E-state index contributed by atoms with van der Waals surface area (Å²) in [5.41, 5.74) is 1.72. The van der Waals surface area contributed by atoms with Crippen molar-refractivity contribution in [3.63, 3.8) is 0 Å². The molecule has 2 heterocycles. The predicted octanol–water partition coefficient (Wildman–Crippen LogP) is 4.66. The first-order valence-electron chi connectivity index (χ1n) is 9.62. The van der Waals surface area contributed by atoms with Crippen LogP contribution < -0.4 is 14.2 Å². The molecule has 0 saturated heterocycles. The van der Waals surface area contributed by atoms with Gasteiger partial charge in [-0.2, -0.15) is 5.10 Å². The molecule has 2 aromatic carbocycles. The highest BCUT2D eigenvalue weighted by Gasteiger charge is 2.34. The van der Waals surface area contributed by atoms with Crippen molar-refractivity contribution in [1.29, 1.82) is 0 Å². The van der Waals surface area contributed by atoms with Crippen LogP contribution in [0.1, 0.15) is 22.9 Å². The monoisotopic (exact) mass is 440 g/mol. The lowest BCUT2D eigenvalue weighted by Gasteiger charge is -2.23. The number of carbonyl (C=O) groups excluding carboxylic acids is 1. The van der Waals surface area contributed by atoms with Gasteiger partial charge in [-0.1, -0.05) is 12.1 Å². The van der Waals surface area contributed by atoms with Crippen molar-refractivity contribution in [2.45, 2.75) is 12.5 Å². The first kappa shape index (κ1) is 20.9. The number of hydrogen-bond donors (Lipinski definition) is 0. The van der Waals surface area contributed by atoms with Crippen LogP contribution in [0.3, 0.4) is 0 Å². The third-order valence-electron chi connectivity index (χ3n) is 4.94. The summed E-state index contributed by atoms with van der Waals surface area (Å²) >= 11 is 1.58. The fraction of sp³-hybridized carbons (Fsp3) is 0.217. The average Bonchev–Trinajstić information content (AvgIpc) is 3.48. The Morgan fingerprint density at radius 2 is 1.90 bits per heavy atom. The van der Waals surface area contributed by atoms with Crippen molar-refractivity contribution in [3.05, 3.63) is 76.2 Å². The van der Waals surface area contributed by atoms with Crippen molar-refractivity contribution in [2.24, 2.45) is 5.10 Å². The van der Waals surface area contributed by atoms with E-state index in [1.54, 1.807) is 25.6 Å². The quantitative estimate of drug-likeness (QED) is 0.536. The van der Waals surface area contributed by atoms with Crippen molar-refractivity contribution >= 4 is 23.0 Å². The summed E-state index contributed by atoms with van der Waals surface area (Å²) in [4.78, 5) is 14.0. The zero-order valence-corrected chi connectivity index (χ0v) is 17.9. The lowest BCUT2D eigenvalue weighted by molar-refractivity contribution is -0.135. The van der Waals surface area contributed by atoms with Gasteiger partial charge in [0, 0.05) is 6.42 Å². The molecule has 1 aliphatic rings. The van der Waals surface area contributed by atoms with Gasteiger partial charge in [0.2, 0.25) is 0 Å². The molecule has 0 radical (unpaired) electrons. The van der Waals surface area contributed by atoms with Gasteiger partial charge in [-0.3, -0.25) is 4.79 Å². The second kappa shape index (κ2) is 9.18. The number of hydrazone groups is 1. The molecule has 8 heteroatoms. The Hall–Kier alpha value is -3.39. The topological polar surface area (TPSA) is 60.4 Å². The van der Waals surface area contributed by atoms with E-state index in [1.165, 1.54) is 29.3 Å². The molecular formula is C23H21FN2O4S. The van der Waals surface area contributed by atoms with E-state index in [2.05, 4.69) is 5.10 Å². The smallest absolute Gasteiger partial charge is 0.281 e. The van der Waals surface area contributed by atoms with Crippen LogP contribution in [0, 0.1) is 5.82 Å². The van der Waals surface area contributed by atoms with Gasteiger partial charge in [-0.25, -0.2) is 9.40 Å². The third kappa shape index (κ3) is 4.54. The first-order chi connectivity index (χ1) is 15.1. The Morgan fingerprint density at radius 1 is 1.13 bits per heavy atom. The summed E-state index contributed by atoms with van der Waals surface area (Å²) in [6.45, 7) is -0.212. The molecule has 4 rings (SSSR count). The molecule has 0 N–H and O–H groups in total. The van der Waals surface area contributed by atoms with Crippen molar-refractivity contribution in [3.8, 4) is 17.2 Å². The minimum absolute atomic E-state index is 0.212. The number of benzene rings is 2. The number of thiophene rings is 1. The zero-order chi connectivity index (χ0) is 21.8. The molecule has 1 unspecified atom stereocenters. The summed E-state index contributed by atoms with van der Waals surface area (Å²) in [6, 6.07) is 14.8. The van der Waals surface area contributed by atoms with Gasteiger partial charge in [0.25, 0.3) is 5.91 Å². The van der Waals surface area contributed by atoms with Crippen LogP contribution in [0.15, 0.2) is 65.1 Å². The van der Waals surface area contributed by atoms with Crippen LogP contribution >= 0.6 is 11.3 Å². The Kier molecular flexibility index (Phi) is 6.18. The molecule has 160 valence electrons. The van der Waals surface area contributed by atoms with E-state index in [0.29, 0.717) is 23.7 Å². The summed E-state index contributed by atoms with van der Waals surface area (Å²) < 4.78 is 29.4. The summed E-state index contributed by atoms with van der Waals surface area (Å²) in [5.74, 6) is 0.951.